The molecule has 0 saturated carbocycles. The maximum atomic E-state index is 8.79. The first kappa shape index (κ1) is 12.4. The van der Waals surface area contributed by atoms with E-state index < -0.39 is 0 Å². The normalized spacial score (nSPS) is 11.3. The molecule has 2 aromatic rings. The number of aryl methyl sites for hydroxylation is 1. The lowest BCUT2D eigenvalue weighted by Crippen LogP contribution is -2.13. The number of H-pyrrole nitrogens is 1. The third-order valence-corrected chi connectivity index (χ3v) is 2.88. The van der Waals surface area contributed by atoms with Gasteiger partial charge in [0.1, 0.15) is 5.82 Å². The van der Waals surface area contributed by atoms with Gasteiger partial charge >= 0.3 is 0 Å². The standard InChI is InChI=1S/C15H17N3/c1-10-13(18-14(17-10)15(2,3)4)12-7-5-11(9-16)6-8-12/h5-8H,1-4H3,(H,17,18). The smallest absolute Gasteiger partial charge is 0.112 e. The van der Waals surface area contributed by atoms with E-state index in [2.05, 4.69) is 36.8 Å². The molecule has 0 unspecified atom stereocenters. The molecular formula is C15H17N3. The summed E-state index contributed by atoms with van der Waals surface area (Å²) in [4.78, 5) is 8.00. The minimum Gasteiger partial charge on any atom is -0.345 e. The van der Waals surface area contributed by atoms with Gasteiger partial charge in [0.05, 0.1) is 17.3 Å². The van der Waals surface area contributed by atoms with Crippen LogP contribution in [0.3, 0.4) is 0 Å². The Labute approximate surface area is 107 Å². The van der Waals surface area contributed by atoms with Crippen LogP contribution in [0, 0.1) is 18.3 Å². The Morgan fingerprint density at radius 1 is 1.17 bits per heavy atom. The average Bonchev–Trinajstić information content (AvgIpc) is 2.71. The zero-order chi connectivity index (χ0) is 13.3. The van der Waals surface area contributed by atoms with Gasteiger partial charge in [0.15, 0.2) is 0 Å². The monoisotopic (exact) mass is 239 g/mol. The number of rotatable bonds is 1. The molecule has 0 atom stereocenters. The summed E-state index contributed by atoms with van der Waals surface area (Å²) in [6.45, 7) is 8.42. The number of nitrogens with zero attached hydrogens (tertiary/aromatic N) is 2. The fraction of sp³-hybridized carbons (Fsp3) is 0.333. The Hall–Kier alpha value is -2.08. The van der Waals surface area contributed by atoms with Crippen LogP contribution in [0.1, 0.15) is 37.9 Å². The quantitative estimate of drug-likeness (QED) is 0.827. The molecule has 0 aliphatic rings. The van der Waals surface area contributed by atoms with Crippen molar-refractivity contribution in [1.29, 1.82) is 5.26 Å². The third-order valence-electron chi connectivity index (χ3n) is 2.88. The van der Waals surface area contributed by atoms with Crippen molar-refractivity contribution in [3.05, 3.63) is 41.3 Å². The Balaban J connectivity index is 2.45. The molecule has 1 aromatic carbocycles. The summed E-state index contributed by atoms with van der Waals surface area (Å²) in [5, 5.41) is 8.79. The molecule has 1 heterocycles. The van der Waals surface area contributed by atoms with Crippen LogP contribution in [0.2, 0.25) is 0 Å². The van der Waals surface area contributed by atoms with Gasteiger partial charge in [0.2, 0.25) is 0 Å². The molecule has 0 saturated heterocycles. The highest BCUT2D eigenvalue weighted by Gasteiger charge is 2.19. The van der Waals surface area contributed by atoms with E-state index in [1.807, 2.05) is 31.2 Å². The molecule has 1 N–H and O–H groups in total. The molecular weight excluding hydrogens is 222 g/mol. The summed E-state index contributed by atoms with van der Waals surface area (Å²) in [6.07, 6.45) is 0. The maximum absolute atomic E-state index is 8.79. The summed E-state index contributed by atoms with van der Waals surface area (Å²) in [6, 6.07) is 9.64. The van der Waals surface area contributed by atoms with E-state index in [1.165, 1.54) is 0 Å². The largest absolute Gasteiger partial charge is 0.345 e. The minimum atomic E-state index is 0.00953. The average molecular weight is 239 g/mol. The highest BCUT2D eigenvalue weighted by atomic mass is 14.9. The molecule has 3 nitrogen and oxygen atoms in total. The fourth-order valence-corrected chi connectivity index (χ4v) is 1.80. The van der Waals surface area contributed by atoms with E-state index in [4.69, 9.17) is 5.26 Å². The van der Waals surface area contributed by atoms with Gasteiger partial charge < -0.3 is 4.98 Å². The third kappa shape index (κ3) is 2.28. The lowest BCUT2D eigenvalue weighted by atomic mass is 9.96. The summed E-state index contributed by atoms with van der Waals surface area (Å²) in [7, 11) is 0. The van der Waals surface area contributed by atoms with Gasteiger partial charge in [-0.2, -0.15) is 5.26 Å². The topological polar surface area (TPSA) is 52.5 Å². The van der Waals surface area contributed by atoms with Crippen LogP contribution in [0.5, 0.6) is 0 Å². The highest BCUT2D eigenvalue weighted by molar-refractivity contribution is 5.63. The van der Waals surface area contributed by atoms with Gasteiger partial charge in [0, 0.05) is 16.7 Å². The van der Waals surface area contributed by atoms with Crippen molar-refractivity contribution >= 4 is 0 Å². The molecule has 3 heteroatoms. The van der Waals surface area contributed by atoms with E-state index in [1.54, 1.807) is 0 Å². The Morgan fingerprint density at radius 2 is 1.78 bits per heavy atom. The number of imidazole rings is 1. The van der Waals surface area contributed by atoms with Gasteiger partial charge in [-0.15, -0.1) is 0 Å². The lowest BCUT2D eigenvalue weighted by molar-refractivity contribution is 0.552. The molecule has 0 fully saturated rings. The van der Waals surface area contributed by atoms with Crippen LogP contribution in [0.4, 0.5) is 0 Å². The second-order valence-corrected chi connectivity index (χ2v) is 5.50. The van der Waals surface area contributed by atoms with Crippen LogP contribution in [0.15, 0.2) is 24.3 Å². The number of nitriles is 1. The van der Waals surface area contributed by atoms with E-state index in [9.17, 15) is 0 Å². The van der Waals surface area contributed by atoms with Gasteiger partial charge in [0.25, 0.3) is 0 Å². The summed E-state index contributed by atoms with van der Waals surface area (Å²) in [5.74, 6) is 0.986. The molecule has 92 valence electrons. The predicted molar refractivity (Wildman–Crippen MR) is 72.2 cm³/mol. The van der Waals surface area contributed by atoms with Crippen LogP contribution in [-0.2, 0) is 5.41 Å². The fourth-order valence-electron chi connectivity index (χ4n) is 1.80. The number of nitrogens with one attached hydrogen (secondary N) is 1. The summed E-state index contributed by atoms with van der Waals surface area (Å²) in [5.41, 5.74) is 3.74. The van der Waals surface area contributed by atoms with E-state index >= 15 is 0 Å². The maximum Gasteiger partial charge on any atom is 0.112 e. The Bertz CT molecular complexity index is 592. The highest BCUT2D eigenvalue weighted by Crippen LogP contribution is 2.26. The molecule has 0 radical (unpaired) electrons. The molecule has 0 bridgehead atoms. The first-order valence-electron chi connectivity index (χ1n) is 5.99. The lowest BCUT2D eigenvalue weighted by Gasteiger charge is -2.13. The van der Waals surface area contributed by atoms with E-state index in [0.717, 1.165) is 22.8 Å². The van der Waals surface area contributed by atoms with Gasteiger partial charge in [-0.1, -0.05) is 32.9 Å². The van der Waals surface area contributed by atoms with Crippen LogP contribution < -0.4 is 0 Å². The van der Waals surface area contributed by atoms with Gasteiger partial charge in [-0.3, -0.25) is 0 Å². The molecule has 0 aliphatic carbocycles. The van der Waals surface area contributed by atoms with Gasteiger partial charge in [-0.25, -0.2) is 4.98 Å². The molecule has 2 rings (SSSR count). The second-order valence-electron chi connectivity index (χ2n) is 5.50. The molecule has 1 aromatic heterocycles. The Morgan fingerprint density at radius 3 is 2.22 bits per heavy atom. The number of hydrogen-bond acceptors (Lipinski definition) is 2. The molecule has 18 heavy (non-hydrogen) atoms. The van der Waals surface area contributed by atoms with Crippen molar-refractivity contribution in [2.75, 3.05) is 0 Å². The molecule has 0 aliphatic heterocycles. The van der Waals surface area contributed by atoms with Gasteiger partial charge in [-0.05, 0) is 19.1 Å². The molecule has 0 spiro atoms. The van der Waals surface area contributed by atoms with Crippen LogP contribution in [0.25, 0.3) is 11.3 Å². The van der Waals surface area contributed by atoms with Crippen molar-refractivity contribution in [1.82, 2.24) is 9.97 Å². The Kier molecular flexibility index (Phi) is 2.96. The summed E-state index contributed by atoms with van der Waals surface area (Å²) < 4.78 is 0. The minimum absolute atomic E-state index is 0.00953. The van der Waals surface area contributed by atoms with Crippen LogP contribution in [-0.4, -0.2) is 9.97 Å². The van der Waals surface area contributed by atoms with Crippen LogP contribution >= 0.6 is 0 Å². The van der Waals surface area contributed by atoms with E-state index in [-0.39, 0.29) is 5.41 Å². The SMILES string of the molecule is Cc1[nH]c(C(C)(C)C)nc1-c1ccc(C#N)cc1. The zero-order valence-corrected chi connectivity index (χ0v) is 11.2. The zero-order valence-electron chi connectivity index (χ0n) is 11.2. The predicted octanol–water partition coefficient (Wildman–Crippen LogP) is 3.55. The van der Waals surface area contributed by atoms with Crippen molar-refractivity contribution in [3.63, 3.8) is 0 Å². The van der Waals surface area contributed by atoms with Crippen molar-refractivity contribution in [2.45, 2.75) is 33.1 Å². The van der Waals surface area contributed by atoms with E-state index in [0.29, 0.717) is 5.56 Å². The summed E-state index contributed by atoms with van der Waals surface area (Å²) >= 11 is 0. The van der Waals surface area contributed by atoms with Crippen molar-refractivity contribution in [2.24, 2.45) is 0 Å². The van der Waals surface area contributed by atoms with Crippen molar-refractivity contribution < 1.29 is 0 Å². The molecule has 0 amide bonds. The number of aromatic amines is 1. The number of hydrogen-bond donors (Lipinski definition) is 1. The number of benzene rings is 1. The number of aromatic nitrogens is 2. The van der Waals surface area contributed by atoms with Crippen molar-refractivity contribution in [3.8, 4) is 17.3 Å². The first-order valence-corrected chi connectivity index (χ1v) is 5.99. The first-order chi connectivity index (χ1) is 8.41. The second kappa shape index (κ2) is 4.30.